The van der Waals surface area contributed by atoms with Gasteiger partial charge in [-0.05, 0) is 12.0 Å². The molecule has 5 heteroatoms. The van der Waals surface area contributed by atoms with E-state index < -0.39 is 12.0 Å². The molecule has 0 saturated carbocycles. The van der Waals surface area contributed by atoms with Crippen molar-refractivity contribution in [2.45, 2.75) is 32.4 Å². The van der Waals surface area contributed by atoms with Crippen LogP contribution in [0.5, 0.6) is 0 Å². The van der Waals surface area contributed by atoms with Gasteiger partial charge in [-0.25, -0.2) is 4.98 Å². The number of aliphatic hydroxyl groups excluding tert-OH is 1. The van der Waals surface area contributed by atoms with Gasteiger partial charge in [-0.3, -0.25) is 4.79 Å². The highest BCUT2D eigenvalue weighted by Crippen LogP contribution is 2.19. The van der Waals surface area contributed by atoms with E-state index in [9.17, 15) is 9.90 Å². The van der Waals surface area contributed by atoms with Crippen LogP contribution in [0.15, 0.2) is 48.8 Å². The number of aromatic nitrogens is 2. The number of H-pyrrole nitrogens is 1. The Balaban J connectivity index is 1.99. The molecule has 0 aliphatic heterocycles. The van der Waals surface area contributed by atoms with Crippen LogP contribution >= 0.6 is 0 Å². The smallest absolute Gasteiger partial charge is 0.253 e. The molecule has 22 heavy (non-hydrogen) atoms. The van der Waals surface area contributed by atoms with Crippen LogP contribution in [0.1, 0.15) is 25.3 Å². The molecular formula is C17H21N3O2. The van der Waals surface area contributed by atoms with Gasteiger partial charge < -0.3 is 15.4 Å². The average molecular weight is 299 g/mol. The summed E-state index contributed by atoms with van der Waals surface area (Å²) >= 11 is 0. The minimum Gasteiger partial charge on any atom is -0.379 e. The molecule has 116 valence electrons. The molecule has 0 fully saturated rings. The molecule has 0 aliphatic carbocycles. The van der Waals surface area contributed by atoms with Gasteiger partial charge in [-0.15, -0.1) is 0 Å². The number of hydrogen-bond donors (Lipinski definition) is 3. The lowest BCUT2D eigenvalue weighted by Gasteiger charge is -2.11. The number of benzene rings is 1. The number of unbranched alkanes of at least 4 members (excludes halogenated alkanes) is 1. The second-order valence-corrected chi connectivity index (χ2v) is 4.97. The largest absolute Gasteiger partial charge is 0.379 e. The maximum Gasteiger partial charge on any atom is 0.253 e. The summed E-state index contributed by atoms with van der Waals surface area (Å²) in [4.78, 5) is 19.2. The van der Waals surface area contributed by atoms with Crippen molar-refractivity contribution in [3.05, 3.63) is 54.4 Å². The van der Waals surface area contributed by atoms with Gasteiger partial charge in [0.2, 0.25) is 0 Å². The molecule has 3 N–H and O–H groups in total. The molecule has 0 saturated heterocycles. The molecule has 0 radical (unpaired) electrons. The molecule has 1 aromatic carbocycles. The zero-order valence-corrected chi connectivity index (χ0v) is 12.6. The highest BCUT2D eigenvalue weighted by molar-refractivity contribution is 5.82. The van der Waals surface area contributed by atoms with Crippen molar-refractivity contribution in [3.63, 3.8) is 0 Å². The first kappa shape index (κ1) is 16.0. The fraction of sp³-hybridized carbons (Fsp3) is 0.294. The van der Waals surface area contributed by atoms with E-state index in [1.807, 2.05) is 37.3 Å². The van der Waals surface area contributed by atoms with Crippen LogP contribution in [0.3, 0.4) is 0 Å². The molecule has 1 amide bonds. The third-order valence-electron chi connectivity index (χ3n) is 3.27. The lowest BCUT2D eigenvalue weighted by atomic mass is 10.1. The van der Waals surface area contributed by atoms with Gasteiger partial charge in [0.15, 0.2) is 6.10 Å². The van der Waals surface area contributed by atoms with E-state index in [1.54, 1.807) is 12.4 Å². The number of nitrogens with one attached hydrogen (secondary N) is 2. The van der Waals surface area contributed by atoms with Gasteiger partial charge in [0.05, 0.1) is 0 Å². The van der Waals surface area contributed by atoms with Crippen LogP contribution in [0.25, 0.3) is 11.4 Å². The van der Waals surface area contributed by atoms with Crippen LogP contribution in [0, 0.1) is 0 Å². The molecule has 2 rings (SSSR count). The van der Waals surface area contributed by atoms with Crippen molar-refractivity contribution in [3.8, 4) is 11.4 Å². The summed E-state index contributed by atoms with van der Waals surface area (Å²) in [6.07, 6.45) is 7.52. The zero-order chi connectivity index (χ0) is 15.8. The van der Waals surface area contributed by atoms with Crippen molar-refractivity contribution in [2.24, 2.45) is 0 Å². The third-order valence-corrected chi connectivity index (χ3v) is 3.27. The van der Waals surface area contributed by atoms with E-state index in [0.29, 0.717) is 6.54 Å². The van der Waals surface area contributed by atoms with Gasteiger partial charge >= 0.3 is 0 Å². The highest BCUT2D eigenvalue weighted by atomic mass is 16.3. The Morgan fingerprint density at radius 2 is 2.27 bits per heavy atom. The summed E-state index contributed by atoms with van der Waals surface area (Å²) in [6.45, 7) is 2.39. The van der Waals surface area contributed by atoms with E-state index in [0.717, 1.165) is 29.8 Å². The number of amides is 1. The molecule has 0 aliphatic rings. The van der Waals surface area contributed by atoms with Crippen molar-refractivity contribution >= 4 is 5.91 Å². The van der Waals surface area contributed by atoms with Crippen LogP contribution in [-0.2, 0) is 11.3 Å². The van der Waals surface area contributed by atoms with Crippen LogP contribution in [-0.4, -0.2) is 27.1 Å². The Morgan fingerprint density at radius 3 is 3.00 bits per heavy atom. The van der Waals surface area contributed by atoms with Crippen LogP contribution in [0.4, 0.5) is 0 Å². The molecule has 0 spiro atoms. The summed E-state index contributed by atoms with van der Waals surface area (Å²) in [5.74, 6) is 0.356. The molecular weight excluding hydrogens is 278 g/mol. The van der Waals surface area contributed by atoms with E-state index >= 15 is 0 Å². The summed E-state index contributed by atoms with van der Waals surface area (Å²) in [5, 5.41) is 12.5. The van der Waals surface area contributed by atoms with Gasteiger partial charge in [-0.1, -0.05) is 49.8 Å². The molecule has 1 unspecified atom stereocenters. The van der Waals surface area contributed by atoms with Crippen molar-refractivity contribution in [1.29, 1.82) is 0 Å². The molecule has 0 bridgehead atoms. The zero-order valence-electron chi connectivity index (χ0n) is 12.6. The summed E-state index contributed by atoms with van der Waals surface area (Å²) in [6, 6.07) is 7.70. The highest BCUT2D eigenvalue weighted by Gasteiger charge is 2.12. The average Bonchev–Trinajstić information content (AvgIpc) is 3.07. The Labute approximate surface area is 130 Å². The number of aliphatic hydroxyl groups is 1. The van der Waals surface area contributed by atoms with E-state index in [1.165, 1.54) is 6.08 Å². The number of aromatic amines is 1. The van der Waals surface area contributed by atoms with Crippen molar-refractivity contribution in [2.75, 3.05) is 0 Å². The maximum absolute atomic E-state index is 11.9. The number of allylic oxidation sites excluding steroid dienone is 1. The van der Waals surface area contributed by atoms with Gasteiger partial charge in [0.1, 0.15) is 5.82 Å². The number of carbonyl (C=O) groups is 1. The van der Waals surface area contributed by atoms with E-state index in [-0.39, 0.29) is 0 Å². The van der Waals surface area contributed by atoms with Gasteiger partial charge in [-0.2, -0.15) is 0 Å². The number of hydrogen-bond acceptors (Lipinski definition) is 3. The molecule has 1 heterocycles. The number of nitrogens with zero attached hydrogens (tertiary/aromatic N) is 1. The van der Waals surface area contributed by atoms with Crippen LogP contribution in [0.2, 0.25) is 0 Å². The Morgan fingerprint density at radius 1 is 1.45 bits per heavy atom. The summed E-state index contributed by atoms with van der Waals surface area (Å²) in [5.41, 5.74) is 1.87. The minimum atomic E-state index is -1.11. The number of rotatable bonds is 7. The molecule has 1 aromatic heterocycles. The first-order chi connectivity index (χ1) is 10.7. The Bertz CT molecular complexity index is 621. The molecule has 5 nitrogen and oxygen atoms in total. The first-order valence-electron chi connectivity index (χ1n) is 7.42. The topological polar surface area (TPSA) is 78.0 Å². The third kappa shape index (κ3) is 4.30. The SMILES string of the molecule is CCC/C=C/C(O)C(=O)NCc1ccccc1-c1ncc[nH]1. The van der Waals surface area contributed by atoms with Gasteiger partial charge in [0.25, 0.3) is 5.91 Å². The van der Waals surface area contributed by atoms with Crippen molar-refractivity contribution < 1.29 is 9.90 Å². The lowest BCUT2D eigenvalue weighted by molar-refractivity contribution is -0.127. The molecule has 1 atom stereocenters. The first-order valence-corrected chi connectivity index (χ1v) is 7.42. The van der Waals surface area contributed by atoms with Gasteiger partial charge in [0, 0.05) is 24.5 Å². The lowest BCUT2D eigenvalue weighted by Crippen LogP contribution is -2.32. The number of imidazole rings is 1. The van der Waals surface area contributed by atoms with E-state index in [2.05, 4.69) is 15.3 Å². The minimum absolute atomic E-state index is 0.342. The Kier molecular flexibility index (Phi) is 5.91. The predicted molar refractivity (Wildman–Crippen MR) is 85.9 cm³/mol. The van der Waals surface area contributed by atoms with Crippen molar-refractivity contribution in [1.82, 2.24) is 15.3 Å². The van der Waals surface area contributed by atoms with E-state index in [4.69, 9.17) is 0 Å². The fourth-order valence-electron chi connectivity index (χ4n) is 2.08. The monoisotopic (exact) mass is 299 g/mol. The fourth-order valence-corrected chi connectivity index (χ4v) is 2.08. The summed E-state index contributed by atoms with van der Waals surface area (Å²) < 4.78 is 0. The normalized spacial score (nSPS) is 12.5. The second-order valence-electron chi connectivity index (χ2n) is 4.97. The second kappa shape index (κ2) is 8.14. The van der Waals surface area contributed by atoms with Crippen LogP contribution < -0.4 is 5.32 Å². The summed E-state index contributed by atoms with van der Waals surface area (Å²) in [7, 11) is 0. The molecule has 2 aromatic rings. The number of carbonyl (C=O) groups excluding carboxylic acids is 1. The Hall–Kier alpha value is -2.40. The predicted octanol–water partition coefficient (Wildman–Crippen LogP) is 2.41. The standard InChI is InChI=1S/C17H21N3O2/c1-2-3-4-9-15(21)17(22)20-12-13-7-5-6-8-14(13)16-18-10-11-19-16/h4-11,15,21H,2-3,12H2,1H3,(H,18,19)(H,20,22)/b9-4+. The quantitative estimate of drug-likeness (QED) is 0.687. The maximum atomic E-state index is 11.9.